The molecule has 0 radical (unpaired) electrons. The minimum absolute atomic E-state index is 0.191. The first kappa shape index (κ1) is 15.4. The van der Waals surface area contributed by atoms with Crippen LogP contribution in [0.15, 0.2) is 53.4 Å². The number of nitro groups is 2. The van der Waals surface area contributed by atoms with E-state index in [1.165, 1.54) is 24.1 Å². The van der Waals surface area contributed by atoms with Crippen LogP contribution >= 0.6 is 11.9 Å². The monoisotopic (exact) mass is 331 g/mol. The quantitative estimate of drug-likeness (QED) is 0.356. The van der Waals surface area contributed by atoms with Gasteiger partial charge in [-0.15, -0.1) is 0 Å². The van der Waals surface area contributed by atoms with Gasteiger partial charge in [-0.1, -0.05) is 30.3 Å². The molecule has 3 atom stereocenters. The molecular formula is C15H13N3O4S. The largest absolute Gasteiger partial charge is 0.291 e. The van der Waals surface area contributed by atoms with Crippen molar-refractivity contribution in [2.75, 3.05) is 0 Å². The zero-order valence-electron chi connectivity index (χ0n) is 12.2. The molecule has 8 heteroatoms. The maximum Gasteiger partial charge on any atom is 0.291 e. The summed E-state index contributed by atoms with van der Waals surface area (Å²) in [5.41, 5.74) is 0.631. The molecule has 1 saturated heterocycles. The molecule has 2 aromatic carbocycles. The summed E-state index contributed by atoms with van der Waals surface area (Å²) in [7, 11) is 0. The molecule has 3 rings (SSSR count). The number of benzene rings is 2. The van der Waals surface area contributed by atoms with E-state index in [0.29, 0.717) is 4.90 Å². The van der Waals surface area contributed by atoms with Crippen LogP contribution in [0, 0.1) is 20.2 Å². The molecular weight excluding hydrogens is 318 g/mol. The van der Waals surface area contributed by atoms with Gasteiger partial charge in [-0.2, -0.15) is 0 Å². The highest BCUT2D eigenvalue weighted by Gasteiger charge is 2.46. The lowest BCUT2D eigenvalue weighted by molar-refractivity contribution is -0.396. The van der Waals surface area contributed by atoms with Crippen LogP contribution in [0.1, 0.15) is 18.5 Å². The van der Waals surface area contributed by atoms with Gasteiger partial charge >= 0.3 is 0 Å². The van der Waals surface area contributed by atoms with Crippen LogP contribution in [-0.2, 0) is 0 Å². The topological polar surface area (TPSA) is 89.3 Å². The van der Waals surface area contributed by atoms with E-state index in [1.807, 2.05) is 41.6 Å². The minimum Gasteiger partial charge on any atom is -0.258 e. The Kier molecular flexibility index (Phi) is 4.01. The SMILES string of the molecule is C[C@H]1[C@@H](c2ccccc2)N1Sc1ccc([N+](=O)[O-])cc1[N+](=O)[O-]. The van der Waals surface area contributed by atoms with E-state index in [0.717, 1.165) is 11.6 Å². The second-order valence-electron chi connectivity index (χ2n) is 5.21. The Morgan fingerprint density at radius 2 is 1.74 bits per heavy atom. The van der Waals surface area contributed by atoms with E-state index < -0.39 is 9.85 Å². The fourth-order valence-corrected chi connectivity index (χ4v) is 3.71. The number of hydrogen-bond acceptors (Lipinski definition) is 6. The van der Waals surface area contributed by atoms with Gasteiger partial charge in [-0.05, 0) is 30.5 Å². The van der Waals surface area contributed by atoms with Crippen molar-refractivity contribution in [2.24, 2.45) is 0 Å². The summed E-state index contributed by atoms with van der Waals surface area (Å²) in [6.45, 7) is 2.04. The molecule has 0 spiro atoms. The van der Waals surface area contributed by atoms with Crippen molar-refractivity contribution in [3.8, 4) is 0 Å². The number of nitro benzene ring substituents is 2. The van der Waals surface area contributed by atoms with Crippen molar-refractivity contribution in [1.29, 1.82) is 0 Å². The second-order valence-corrected chi connectivity index (χ2v) is 6.26. The Morgan fingerprint density at radius 1 is 1.04 bits per heavy atom. The Hall–Kier alpha value is -2.45. The number of hydrogen-bond donors (Lipinski definition) is 0. The fraction of sp³-hybridized carbons (Fsp3) is 0.200. The third kappa shape index (κ3) is 3.03. The Labute approximate surface area is 136 Å². The van der Waals surface area contributed by atoms with Gasteiger partial charge in [0.1, 0.15) is 4.90 Å². The van der Waals surface area contributed by atoms with E-state index in [9.17, 15) is 20.2 Å². The Morgan fingerprint density at radius 3 is 2.35 bits per heavy atom. The molecule has 2 aromatic rings. The summed E-state index contributed by atoms with van der Waals surface area (Å²) in [5.74, 6) is 0. The molecule has 0 N–H and O–H groups in total. The lowest BCUT2D eigenvalue weighted by Gasteiger charge is -2.04. The first-order chi connectivity index (χ1) is 11.0. The van der Waals surface area contributed by atoms with Crippen LogP contribution in [0.3, 0.4) is 0 Å². The highest BCUT2D eigenvalue weighted by atomic mass is 32.2. The summed E-state index contributed by atoms with van der Waals surface area (Å²) >= 11 is 1.27. The lowest BCUT2D eigenvalue weighted by Crippen LogP contribution is -1.96. The lowest BCUT2D eigenvalue weighted by atomic mass is 10.1. The predicted molar refractivity (Wildman–Crippen MR) is 86.1 cm³/mol. The average Bonchev–Trinajstić information content (AvgIpc) is 3.17. The molecule has 0 aromatic heterocycles. The maximum absolute atomic E-state index is 11.2. The smallest absolute Gasteiger partial charge is 0.258 e. The number of non-ortho nitro benzene ring substituents is 1. The van der Waals surface area contributed by atoms with E-state index in [4.69, 9.17) is 0 Å². The molecule has 23 heavy (non-hydrogen) atoms. The highest BCUT2D eigenvalue weighted by Crippen LogP contribution is 2.52. The Balaban J connectivity index is 1.84. The summed E-state index contributed by atoms with van der Waals surface area (Å²) in [5, 5.41) is 22.0. The van der Waals surface area contributed by atoms with Crippen LogP contribution < -0.4 is 0 Å². The number of rotatable bonds is 5. The second kappa shape index (κ2) is 5.98. The minimum atomic E-state index is -0.631. The van der Waals surface area contributed by atoms with E-state index >= 15 is 0 Å². The zero-order valence-corrected chi connectivity index (χ0v) is 13.0. The molecule has 0 aliphatic carbocycles. The third-order valence-electron chi connectivity index (χ3n) is 3.74. The van der Waals surface area contributed by atoms with Gasteiger partial charge in [0.15, 0.2) is 0 Å². The van der Waals surface area contributed by atoms with Crippen molar-refractivity contribution in [2.45, 2.75) is 23.9 Å². The molecule has 1 aliphatic rings. The van der Waals surface area contributed by atoms with Gasteiger partial charge in [0.25, 0.3) is 11.4 Å². The van der Waals surface area contributed by atoms with E-state index in [-0.39, 0.29) is 23.5 Å². The highest BCUT2D eigenvalue weighted by molar-refractivity contribution is 7.97. The van der Waals surface area contributed by atoms with Crippen LogP contribution in [-0.4, -0.2) is 20.2 Å². The van der Waals surface area contributed by atoms with Crippen molar-refractivity contribution < 1.29 is 9.85 Å². The molecule has 1 unspecified atom stereocenters. The fourth-order valence-electron chi connectivity index (χ4n) is 2.49. The molecule has 1 heterocycles. The zero-order chi connectivity index (χ0) is 16.6. The normalized spacial score (nSPS) is 22.6. The van der Waals surface area contributed by atoms with Gasteiger partial charge < -0.3 is 0 Å². The van der Waals surface area contributed by atoms with E-state index in [1.54, 1.807) is 0 Å². The predicted octanol–water partition coefficient (Wildman–Crippen LogP) is 3.96. The van der Waals surface area contributed by atoms with Crippen LogP contribution in [0.2, 0.25) is 0 Å². The van der Waals surface area contributed by atoms with Gasteiger partial charge in [0, 0.05) is 12.1 Å². The summed E-state index contributed by atoms with van der Waals surface area (Å²) in [4.78, 5) is 21.2. The Bertz CT molecular complexity index is 769. The summed E-state index contributed by atoms with van der Waals surface area (Å²) in [6.07, 6.45) is 0. The van der Waals surface area contributed by atoms with Crippen molar-refractivity contribution in [1.82, 2.24) is 4.31 Å². The molecule has 118 valence electrons. The van der Waals surface area contributed by atoms with Gasteiger partial charge in [-0.3, -0.25) is 20.2 Å². The van der Waals surface area contributed by atoms with Crippen LogP contribution in [0.4, 0.5) is 11.4 Å². The van der Waals surface area contributed by atoms with Gasteiger partial charge in [-0.25, -0.2) is 4.31 Å². The standard InChI is InChI=1S/C15H13N3O4S/c1-10-15(11-5-3-2-4-6-11)16(10)23-14-8-7-12(17(19)20)9-13(14)18(21)22/h2-10,15H,1H3/t10-,15-,16?/m0/s1. The molecule has 0 bridgehead atoms. The first-order valence-corrected chi connectivity index (χ1v) is 7.70. The summed E-state index contributed by atoms with van der Waals surface area (Å²) < 4.78 is 2.05. The maximum atomic E-state index is 11.2. The van der Waals surface area contributed by atoms with Crippen molar-refractivity contribution in [3.63, 3.8) is 0 Å². The van der Waals surface area contributed by atoms with Crippen molar-refractivity contribution in [3.05, 3.63) is 74.3 Å². The first-order valence-electron chi connectivity index (χ1n) is 6.93. The van der Waals surface area contributed by atoms with Crippen molar-refractivity contribution >= 4 is 23.3 Å². The molecule has 1 fully saturated rings. The average molecular weight is 331 g/mol. The molecule has 7 nitrogen and oxygen atoms in total. The third-order valence-corrected chi connectivity index (χ3v) is 5.05. The van der Waals surface area contributed by atoms with E-state index in [2.05, 4.69) is 0 Å². The van der Waals surface area contributed by atoms with Crippen LogP contribution in [0.5, 0.6) is 0 Å². The number of nitrogens with zero attached hydrogens (tertiary/aromatic N) is 3. The molecule has 0 amide bonds. The molecule has 0 saturated carbocycles. The van der Waals surface area contributed by atoms with Crippen LogP contribution in [0.25, 0.3) is 0 Å². The summed E-state index contributed by atoms with van der Waals surface area (Å²) in [6, 6.07) is 14.1. The van der Waals surface area contributed by atoms with Gasteiger partial charge in [0.2, 0.25) is 0 Å². The molecule has 1 aliphatic heterocycles. The van der Waals surface area contributed by atoms with Gasteiger partial charge in [0.05, 0.1) is 22.0 Å².